The molecular formula is C10H19N5S. The first-order chi connectivity index (χ1) is 7.62. The van der Waals surface area contributed by atoms with Gasteiger partial charge in [0.1, 0.15) is 0 Å². The summed E-state index contributed by atoms with van der Waals surface area (Å²) in [5.74, 6) is 1.03. The molecule has 0 radical (unpaired) electrons. The average molecular weight is 241 g/mol. The summed E-state index contributed by atoms with van der Waals surface area (Å²) in [7, 11) is 0. The molecule has 1 fully saturated rings. The zero-order valence-corrected chi connectivity index (χ0v) is 10.7. The zero-order valence-electron chi connectivity index (χ0n) is 9.89. The molecule has 0 aliphatic heterocycles. The van der Waals surface area contributed by atoms with Crippen LogP contribution in [0.1, 0.15) is 39.2 Å². The predicted octanol–water partition coefficient (Wildman–Crippen LogP) is 1.48. The quantitative estimate of drug-likeness (QED) is 0.764. The topological polar surface area (TPSA) is 69.6 Å². The van der Waals surface area contributed by atoms with Crippen molar-refractivity contribution in [1.29, 1.82) is 0 Å². The highest BCUT2D eigenvalue weighted by Gasteiger charge is 2.28. The second-order valence-corrected chi connectivity index (χ2v) is 6.17. The molecule has 1 saturated carbocycles. The summed E-state index contributed by atoms with van der Waals surface area (Å²) >= 11 is 1.74. The van der Waals surface area contributed by atoms with Gasteiger partial charge in [-0.1, -0.05) is 25.6 Å². The van der Waals surface area contributed by atoms with E-state index < -0.39 is 0 Å². The van der Waals surface area contributed by atoms with E-state index in [1.165, 1.54) is 12.8 Å². The summed E-state index contributed by atoms with van der Waals surface area (Å²) < 4.78 is 1.96. The molecule has 1 heterocycles. The highest BCUT2D eigenvalue weighted by atomic mass is 32.2. The van der Waals surface area contributed by atoms with Crippen LogP contribution in [-0.2, 0) is 0 Å². The number of thioether (sulfide) groups is 1. The fourth-order valence-electron chi connectivity index (χ4n) is 1.35. The van der Waals surface area contributed by atoms with Crippen molar-refractivity contribution in [3.05, 3.63) is 0 Å². The Morgan fingerprint density at radius 3 is 2.88 bits per heavy atom. The van der Waals surface area contributed by atoms with Crippen molar-refractivity contribution in [1.82, 2.24) is 20.2 Å². The minimum Gasteiger partial charge on any atom is -0.330 e. The van der Waals surface area contributed by atoms with Crippen LogP contribution in [0.5, 0.6) is 0 Å². The van der Waals surface area contributed by atoms with Gasteiger partial charge in [0.2, 0.25) is 5.16 Å². The molecule has 1 aliphatic rings. The van der Waals surface area contributed by atoms with Crippen molar-refractivity contribution in [3.63, 3.8) is 0 Å². The van der Waals surface area contributed by atoms with Crippen molar-refractivity contribution in [2.75, 3.05) is 12.3 Å². The lowest BCUT2D eigenvalue weighted by atomic mass is 9.91. The zero-order chi connectivity index (χ0) is 11.6. The molecule has 2 N–H and O–H groups in total. The summed E-state index contributed by atoms with van der Waals surface area (Å²) in [4.78, 5) is 0. The van der Waals surface area contributed by atoms with Crippen molar-refractivity contribution >= 4 is 11.8 Å². The van der Waals surface area contributed by atoms with Crippen LogP contribution in [0.3, 0.4) is 0 Å². The lowest BCUT2D eigenvalue weighted by Crippen LogP contribution is -2.24. The molecule has 1 aromatic heterocycles. The summed E-state index contributed by atoms with van der Waals surface area (Å²) in [6.45, 7) is 5.11. The second-order valence-electron chi connectivity index (χ2n) is 5.10. The first kappa shape index (κ1) is 11.9. The third-order valence-corrected chi connectivity index (χ3v) is 3.85. The van der Waals surface area contributed by atoms with Gasteiger partial charge in [-0.3, -0.25) is 0 Å². The fraction of sp³-hybridized carbons (Fsp3) is 0.900. The largest absolute Gasteiger partial charge is 0.330 e. The van der Waals surface area contributed by atoms with Crippen molar-refractivity contribution < 1.29 is 0 Å². The van der Waals surface area contributed by atoms with E-state index in [4.69, 9.17) is 5.73 Å². The van der Waals surface area contributed by atoms with E-state index >= 15 is 0 Å². The van der Waals surface area contributed by atoms with Crippen LogP contribution in [0, 0.1) is 5.41 Å². The first-order valence-corrected chi connectivity index (χ1v) is 6.72. The number of aromatic nitrogens is 4. The Labute approximate surface area is 100 Å². The third kappa shape index (κ3) is 2.95. The van der Waals surface area contributed by atoms with Crippen LogP contribution >= 0.6 is 11.8 Å². The number of rotatable bonds is 6. The molecule has 0 aromatic carbocycles. The lowest BCUT2D eigenvalue weighted by Gasteiger charge is -2.21. The maximum atomic E-state index is 5.70. The van der Waals surface area contributed by atoms with Gasteiger partial charge in [-0.25, -0.2) is 4.68 Å². The average Bonchev–Trinajstić information content (AvgIpc) is 2.99. The van der Waals surface area contributed by atoms with E-state index in [1.807, 2.05) is 4.68 Å². The number of nitrogens with two attached hydrogens (primary N) is 1. The molecule has 90 valence electrons. The highest BCUT2D eigenvalue weighted by Crippen LogP contribution is 2.36. The molecule has 1 aromatic rings. The summed E-state index contributed by atoms with van der Waals surface area (Å²) in [5.41, 5.74) is 5.91. The molecule has 6 heteroatoms. The van der Waals surface area contributed by atoms with Crippen molar-refractivity contribution in [2.45, 2.75) is 44.3 Å². The van der Waals surface area contributed by atoms with Gasteiger partial charge in [-0.15, -0.1) is 5.10 Å². The van der Waals surface area contributed by atoms with E-state index in [9.17, 15) is 0 Å². The predicted molar refractivity (Wildman–Crippen MR) is 64.3 cm³/mol. The maximum Gasteiger partial charge on any atom is 0.209 e. The Morgan fingerprint density at radius 1 is 1.50 bits per heavy atom. The minimum atomic E-state index is 0.213. The van der Waals surface area contributed by atoms with E-state index in [0.29, 0.717) is 6.04 Å². The smallest absolute Gasteiger partial charge is 0.209 e. The second kappa shape index (κ2) is 4.71. The molecule has 0 unspecified atom stereocenters. The van der Waals surface area contributed by atoms with Gasteiger partial charge >= 0.3 is 0 Å². The third-order valence-electron chi connectivity index (χ3n) is 2.92. The molecule has 0 spiro atoms. The molecule has 5 nitrogen and oxygen atoms in total. The summed E-state index contributed by atoms with van der Waals surface area (Å²) in [5, 5.41) is 12.8. The molecule has 0 bridgehead atoms. The Balaban J connectivity index is 1.83. The number of hydrogen-bond acceptors (Lipinski definition) is 5. The SMILES string of the molecule is CC(C)(CN)CCSc1nnnn1C1CC1. The maximum absolute atomic E-state index is 5.70. The molecule has 0 atom stereocenters. The standard InChI is InChI=1S/C10H19N5S/c1-10(2,7-11)5-6-16-9-12-13-14-15(9)8-3-4-8/h8H,3-7,11H2,1-2H3. The molecule has 2 rings (SSSR count). The van der Waals surface area contributed by atoms with Crippen LogP contribution < -0.4 is 5.73 Å². The Hall–Kier alpha value is -0.620. The van der Waals surface area contributed by atoms with Gasteiger partial charge in [-0.2, -0.15) is 0 Å². The first-order valence-electron chi connectivity index (χ1n) is 5.73. The van der Waals surface area contributed by atoms with Gasteiger partial charge in [0.25, 0.3) is 0 Å². The molecule has 0 amide bonds. The molecule has 1 aliphatic carbocycles. The van der Waals surface area contributed by atoms with E-state index in [1.54, 1.807) is 11.8 Å². The van der Waals surface area contributed by atoms with Crippen LogP contribution in [-0.4, -0.2) is 32.5 Å². The fourth-order valence-corrected chi connectivity index (χ4v) is 2.60. The molecule has 0 saturated heterocycles. The Morgan fingerprint density at radius 2 is 2.25 bits per heavy atom. The minimum absolute atomic E-state index is 0.213. The summed E-state index contributed by atoms with van der Waals surface area (Å²) in [6.07, 6.45) is 3.52. The van der Waals surface area contributed by atoms with Crippen LogP contribution in [0.2, 0.25) is 0 Å². The molecular weight excluding hydrogens is 222 g/mol. The Kier molecular flexibility index (Phi) is 3.49. The van der Waals surface area contributed by atoms with Gasteiger partial charge in [0, 0.05) is 5.75 Å². The van der Waals surface area contributed by atoms with E-state index in [0.717, 1.165) is 23.9 Å². The number of hydrogen-bond donors (Lipinski definition) is 1. The van der Waals surface area contributed by atoms with Crippen molar-refractivity contribution in [3.8, 4) is 0 Å². The van der Waals surface area contributed by atoms with E-state index in [2.05, 4.69) is 29.4 Å². The van der Waals surface area contributed by atoms with Gasteiger partial charge < -0.3 is 5.73 Å². The summed E-state index contributed by atoms with van der Waals surface area (Å²) in [6, 6.07) is 0.556. The normalized spacial score (nSPS) is 16.7. The van der Waals surface area contributed by atoms with Crippen LogP contribution in [0.25, 0.3) is 0 Å². The van der Waals surface area contributed by atoms with Crippen molar-refractivity contribution in [2.24, 2.45) is 11.1 Å². The number of nitrogens with zero attached hydrogens (tertiary/aromatic N) is 4. The highest BCUT2D eigenvalue weighted by molar-refractivity contribution is 7.99. The Bertz CT molecular complexity index is 345. The van der Waals surface area contributed by atoms with Gasteiger partial charge in [0.05, 0.1) is 6.04 Å². The lowest BCUT2D eigenvalue weighted by molar-refractivity contribution is 0.368. The van der Waals surface area contributed by atoms with Gasteiger partial charge in [-0.05, 0) is 41.6 Å². The van der Waals surface area contributed by atoms with Crippen LogP contribution in [0.15, 0.2) is 5.16 Å². The number of tetrazole rings is 1. The van der Waals surface area contributed by atoms with Gasteiger partial charge in [0.15, 0.2) is 0 Å². The monoisotopic (exact) mass is 241 g/mol. The molecule has 16 heavy (non-hydrogen) atoms. The van der Waals surface area contributed by atoms with E-state index in [-0.39, 0.29) is 5.41 Å². The van der Waals surface area contributed by atoms with Crippen LogP contribution in [0.4, 0.5) is 0 Å².